The highest BCUT2D eigenvalue weighted by Crippen LogP contribution is 2.35. The molecule has 3 N–H and O–H groups in total. The number of primary amides is 1. The molecule has 0 radical (unpaired) electrons. The van der Waals surface area contributed by atoms with Gasteiger partial charge in [-0.3, -0.25) is 19.7 Å². The molecule has 31 heavy (non-hydrogen) atoms. The van der Waals surface area contributed by atoms with Gasteiger partial charge >= 0.3 is 6.03 Å². The van der Waals surface area contributed by atoms with Gasteiger partial charge in [-0.05, 0) is 48.4 Å². The van der Waals surface area contributed by atoms with Crippen LogP contribution in [0.5, 0.6) is 5.75 Å². The van der Waals surface area contributed by atoms with Gasteiger partial charge in [0.05, 0.1) is 15.7 Å². The molecule has 0 aliphatic carbocycles. The SMILES string of the molecule is Cc1ccc(N2C(=O)NC(=O)/C(=C\c3cc(Cl)c(OCC(N)=O)c(Cl)c3)C2=O)cc1Cl. The Balaban J connectivity index is 1.98. The van der Waals surface area contributed by atoms with Gasteiger partial charge in [0.2, 0.25) is 0 Å². The van der Waals surface area contributed by atoms with E-state index in [0.717, 1.165) is 10.5 Å². The third kappa shape index (κ3) is 4.82. The number of hydrogen-bond acceptors (Lipinski definition) is 5. The first-order valence-corrected chi connectivity index (χ1v) is 9.79. The Kier molecular flexibility index (Phi) is 6.54. The summed E-state index contributed by atoms with van der Waals surface area (Å²) in [7, 11) is 0. The lowest BCUT2D eigenvalue weighted by Gasteiger charge is -2.26. The zero-order valence-corrected chi connectivity index (χ0v) is 18.1. The minimum absolute atomic E-state index is 0.0230. The molecule has 1 heterocycles. The molecule has 8 nitrogen and oxygen atoms in total. The number of benzene rings is 2. The Morgan fingerprint density at radius 2 is 1.74 bits per heavy atom. The maximum absolute atomic E-state index is 13.0. The predicted molar refractivity (Wildman–Crippen MR) is 116 cm³/mol. The topological polar surface area (TPSA) is 119 Å². The number of barbiturate groups is 1. The van der Waals surface area contributed by atoms with E-state index in [0.29, 0.717) is 5.02 Å². The molecule has 1 saturated heterocycles. The van der Waals surface area contributed by atoms with E-state index in [4.69, 9.17) is 45.3 Å². The van der Waals surface area contributed by atoms with Crippen LogP contribution in [0.2, 0.25) is 15.1 Å². The van der Waals surface area contributed by atoms with Crippen LogP contribution >= 0.6 is 34.8 Å². The zero-order valence-electron chi connectivity index (χ0n) is 15.9. The van der Waals surface area contributed by atoms with Crippen molar-refractivity contribution in [2.24, 2.45) is 5.73 Å². The molecule has 0 unspecified atom stereocenters. The average molecular weight is 483 g/mol. The molecule has 11 heteroatoms. The van der Waals surface area contributed by atoms with Crippen molar-refractivity contribution in [1.82, 2.24) is 5.32 Å². The van der Waals surface area contributed by atoms with Crippen LogP contribution in [0.4, 0.5) is 10.5 Å². The molecule has 3 rings (SSSR count). The highest BCUT2D eigenvalue weighted by molar-refractivity contribution is 6.40. The molecule has 1 aliphatic rings. The van der Waals surface area contributed by atoms with E-state index in [1.54, 1.807) is 13.0 Å². The van der Waals surface area contributed by atoms with Crippen molar-refractivity contribution in [3.8, 4) is 5.75 Å². The first kappa shape index (κ1) is 22.6. The lowest BCUT2D eigenvalue weighted by Crippen LogP contribution is -2.54. The van der Waals surface area contributed by atoms with Crippen molar-refractivity contribution in [1.29, 1.82) is 0 Å². The molecule has 0 bridgehead atoms. The van der Waals surface area contributed by atoms with Crippen molar-refractivity contribution in [3.05, 3.63) is 62.1 Å². The number of nitrogens with zero attached hydrogens (tertiary/aromatic N) is 1. The third-order valence-electron chi connectivity index (χ3n) is 4.21. The molecular formula is C20H14Cl3N3O5. The summed E-state index contributed by atoms with van der Waals surface area (Å²) in [5.41, 5.74) is 5.95. The Morgan fingerprint density at radius 3 is 2.32 bits per heavy atom. The number of anilines is 1. The van der Waals surface area contributed by atoms with E-state index in [-0.39, 0.29) is 32.6 Å². The Labute approximate surface area is 191 Å². The quantitative estimate of drug-likeness (QED) is 0.499. The fourth-order valence-electron chi connectivity index (χ4n) is 2.72. The Bertz CT molecular complexity index is 1140. The lowest BCUT2D eigenvalue weighted by molar-refractivity contribution is -0.123. The highest BCUT2D eigenvalue weighted by Gasteiger charge is 2.37. The first-order valence-electron chi connectivity index (χ1n) is 8.66. The number of rotatable bonds is 5. The number of aryl methyl sites for hydroxylation is 1. The number of urea groups is 1. The van der Waals surface area contributed by atoms with Crippen LogP contribution in [0, 0.1) is 6.92 Å². The predicted octanol–water partition coefficient (Wildman–Crippen LogP) is 3.49. The van der Waals surface area contributed by atoms with Gasteiger partial charge in [0.25, 0.3) is 17.7 Å². The lowest BCUT2D eigenvalue weighted by atomic mass is 10.1. The van der Waals surface area contributed by atoms with E-state index >= 15 is 0 Å². The van der Waals surface area contributed by atoms with Gasteiger partial charge in [-0.25, -0.2) is 9.69 Å². The van der Waals surface area contributed by atoms with Crippen LogP contribution in [0.15, 0.2) is 35.9 Å². The second-order valence-electron chi connectivity index (χ2n) is 6.46. The first-order chi connectivity index (χ1) is 14.6. The molecule has 1 aliphatic heterocycles. The van der Waals surface area contributed by atoms with Crippen molar-refractivity contribution in [2.45, 2.75) is 6.92 Å². The number of carbonyl (C=O) groups is 4. The van der Waals surface area contributed by atoms with E-state index in [9.17, 15) is 19.2 Å². The minimum atomic E-state index is -0.904. The van der Waals surface area contributed by atoms with Crippen LogP contribution < -0.4 is 20.7 Å². The average Bonchev–Trinajstić information content (AvgIpc) is 2.67. The molecule has 1 fully saturated rings. The summed E-state index contributed by atoms with van der Waals surface area (Å²) in [5.74, 6) is -2.43. The minimum Gasteiger partial charge on any atom is -0.481 e. The number of hydrogen-bond donors (Lipinski definition) is 2. The Morgan fingerprint density at radius 1 is 1.10 bits per heavy atom. The molecule has 2 aromatic rings. The monoisotopic (exact) mass is 481 g/mol. The molecule has 0 aromatic heterocycles. The van der Waals surface area contributed by atoms with Gasteiger partial charge in [-0.1, -0.05) is 40.9 Å². The maximum Gasteiger partial charge on any atom is 0.335 e. The van der Waals surface area contributed by atoms with Crippen LogP contribution in [0.1, 0.15) is 11.1 Å². The van der Waals surface area contributed by atoms with Crippen molar-refractivity contribution in [2.75, 3.05) is 11.5 Å². The number of ether oxygens (including phenoxy) is 1. The number of amides is 5. The van der Waals surface area contributed by atoms with Crippen molar-refractivity contribution in [3.63, 3.8) is 0 Å². The number of nitrogens with one attached hydrogen (secondary N) is 1. The van der Waals surface area contributed by atoms with E-state index in [2.05, 4.69) is 5.32 Å². The van der Waals surface area contributed by atoms with Gasteiger partial charge in [-0.2, -0.15) is 0 Å². The summed E-state index contributed by atoms with van der Waals surface area (Å²) in [4.78, 5) is 49.3. The summed E-state index contributed by atoms with van der Waals surface area (Å²) in [6, 6.07) is 6.47. The molecule has 5 amide bonds. The molecule has 2 aromatic carbocycles. The van der Waals surface area contributed by atoms with E-state index in [1.165, 1.54) is 30.3 Å². The zero-order chi connectivity index (χ0) is 22.9. The van der Waals surface area contributed by atoms with Gasteiger partial charge in [0.1, 0.15) is 5.57 Å². The van der Waals surface area contributed by atoms with E-state index in [1.807, 2.05) is 0 Å². The second-order valence-corrected chi connectivity index (χ2v) is 7.68. The van der Waals surface area contributed by atoms with E-state index < -0.39 is 30.4 Å². The van der Waals surface area contributed by atoms with Crippen molar-refractivity contribution >= 4 is 70.3 Å². The third-order valence-corrected chi connectivity index (χ3v) is 5.17. The summed E-state index contributed by atoms with van der Waals surface area (Å²) < 4.78 is 5.16. The number of halogens is 3. The van der Waals surface area contributed by atoms with Crippen LogP contribution in [0.3, 0.4) is 0 Å². The summed E-state index contributed by atoms with van der Waals surface area (Å²) in [6.07, 6.45) is 1.22. The molecular weight excluding hydrogens is 469 g/mol. The molecule has 0 saturated carbocycles. The number of imide groups is 2. The van der Waals surface area contributed by atoms with Gasteiger partial charge in [0.15, 0.2) is 12.4 Å². The largest absolute Gasteiger partial charge is 0.481 e. The highest BCUT2D eigenvalue weighted by atomic mass is 35.5. The second kappa shape index (κ2) is 8.97. The van der Waals surface area contributed by atoms with Crippen LogP contribution in [-0.4, -0.2) is 30.4 Å². The molecule has 160 valence electrons. The van der Waals surface area contributed by atoms with Crippen LogP contribution in [0.25, 0.3) is 6.08 Å². The fourth-order valence-corrected chi connectivity index (χ4v) is 3.51. The smallest absolute Gasteiger partial charge is 0.335 e. The maximum atomic E-state index is 13.0. The van der Waals surface area contributed by atoms with Gasteiger partial charge in [0, 0.05) is 5.02 Å². The molecule has 0 atom stereocenters. The summed E-state index contributed by atoms with van der Waals surface area (Å²) >= 11 is 18.4. The number of carbonyl (C=O) groups excluding carboxylic acids is 4. The van der Waals surface area contributed by atoms with Gasteiger partial charge < -0.3 is 10.5 Å². The molecule has 0 spiro atoms. The fraction of sp³-hybridized carbons (Fsp3) is 0.100. The van der Waals surface area contributed by atoms with Gasteiger partial charge in [-0.15, -0.1) is 0 Å². The summed E-state index contributed by atoms with van der Waals surface area (Å²) in [5, 5.41) is 2.52. The summed E-state index contributed by atoms with van der Waals surface area (Å²) in [6.45, 7) is 1.33. The van der Waals surface area contributed by atoms with Crippen molar-refractivity contribution < 1.29 is 23.9 Å². The Hall–Kier alpha value is -3.07. The number of nitrogens with two attached hydrogens (primary N) is 1. The van der Waals surface area contributed by atoms with Crippen LogP contribution in [-0.2, 0) is 14.4 Å². The standard InChI is InChI=1S/C20H14Cl3N3O5/c1-9-2-3-11(7-13(9)21)26-19(29)12(18(28)25-20(26)30)4-10-5-14(22)17(15(23)6-10)31-8-16(24)27/h2-7H,8H2,1H3,(H2,24,27)(H,25,28,30)/b12-4+. The normalized spacial score (nSPS) is 15.3.